The van der Waals surface area contributed by atoms with E-state index in [-0.39, 0.29) is 30.5 Å². The Morgan fingerprint density at radius 3 is 2.52 bits per heavy atom. The predicted molar refractivity (Wildman–Crippen MR) is 183 cm³/mol. The fourth-order valence-corrected chi connectivity index (χ4v) is 7.12. The lowest BCUT2D eigenvalue weighted by Crippen LogP contribution is -2.68. The fraction of sp³-hybridized carbons (Fsp3) is 0.351. The number of likely N-dealkylation sites (N-methyl/N-ethyl adjacent to an activating group) is 1. The number of aromatic nitrogens is 4. The number of halogens is 3. The zero-order valence-electron chi connectivity index (χ0n) is 28.6. The Kier molecular flexibility index (Phi) is 9.17. The van der Waals surface area contributed by atoms with Crippen LogP contribution in [0.1, 0.15) is 52.8 Å². The van der Waals surface area contributed by atoms with Crippen LogP contribution in [0, 0.1) is 5.41 Å². The van der Waals surface area contributed by atoms with Crippen molar-refractivity contribution in [1.29, 1.82) is 0 Å². The monoisotopic (exact) mass is 714 g/mol. The van der Waals surface area contributed by atoms with Gasteiger partial charge in [0.2, 0.25) is 11.7 Å². The highest BCUT2D eigenvalue weighted by molar-refractivity contribution is 6.04. The van der Waals surface area contributed by atoms with Gasteiger partial charge in [-0.2, -0.15) is 18.3 Å². The van der Waals surface area contributed by atoms with Crippen molar-refractivity contribution in [3.63, 3.8) is 0 Å². The molecule has 5 heterocycles. The Hall–Kier alpha value is -5.41. The van der Waals surface area contributed by atoms with E-state index in [1.165, 1.54) is 4.90 Å². The average Bonchev–Trinajstić information content (AvgIpc) is 3.54. The highest BCUT2D eigenvalue weighted by Crippen LogP contribution is 2.42. The van der Waals surface area contributed by atoms with Gasteiger partial charge in [-0.05, 0) is 43.2 Å². The second kappa shape index (κ2) is 13.6. The second-order valence-electron chi connectivity index (χ2n) is 13.5. The smallest absolute Gasteiger partial charge is 0.380 e. The van der Waals surface area contributed by atoms with Gasteiger partial charge in [0.15, 0.2) is 0 Å². The van der Waals surface area contributed by atoms with Crippen LogP contribution in [-0.4, -0.2) is 87.3 Å². The summed E-state index contributed by atoms with van der Waals surface area (Å²) in [6.07, 6.45) is -2.33. The molecule has 2 aromatic heterocycles. The molecule has 1 unspecified atom stereocenters. The molecule has 12 nitrogen and oxygen atoms in total. The summed E-state index contributed by atoms with van der Waals surface area (Å²) in [5.74, 6) is -2.88. The molecule has 270 valence electrons. The summed E-state index contributed by atoms with van der Waals surface area (Å²) >= 11 is 0. The predicted octanol–water partition coefficient (Wildman–Crippen LogP) is 3.87. The molecule has 0 radical (unpaired) electrons. The van der Waals surface area contributed by atoms with E-state index in [9.17, 15) is 27.6 Å². The summed E-state index contributed by atoms with van der Waals surface area (Å²) < 4.78 is 47.3. The van der Waals surface area contributed by atoms with E-state index in [1.54, 1.807) is 29.9 Å². The molecule has 3 aliphatic rings. The second-order valence-corrected chi connectivity index (χ2v) is 13.5. The number of alkyl halides is 3. The lowest BCUT2D eigenvalue weighted by atomic mass is 9.76. The van der Waals surface area contributed by atoms with Gasteiger partial charge in [-0.25, -0.2) is 14.6 Å². The van der Waals surface area contributed by atoms with Crippen LogP contribution >= 0.6 is 0 Å². The van der Waals surface area contributed by atoms with E-state index in [1.807, 2.05) is 49.4 Å². The van der Waals surface area contributed by atoms with Crippen LogP contribution in [0.4, 0.5) is 19.0 Å². The number of hydrogen-bond donors (Lipinski definition) is 2. The number of anilines is 1. The van der Waals surface area contributed by atoms with Gasteiger partial charge in [-0.1, -0.05) is 49.0 Å². The molecule has 4 aromatic rings. The number of carbonyl (C=O) groups excluding carboxylic acids is 3. The van der Waals surface area contributed by atoms with E-state index in [0.29, 0.717) is 34.3 Å². The molecular formula is C37H37F3N8O4. The van der Waals surface area contributed by atoms with Gasteiger partial charge in [0.25, 0.3) is 11.8 Å². The van der Waals surface area contributed by atoms with Crippen molar-refractivity contribution in [3.05, 3.63) is 113 Å². The number of likely N-dealkylation sites (tertiary alicyclic amines) is 1. The number of rotatable bonds is 10. The lowest BCUT2D eigenvalue weighted by molar-refractivity contribution is -0.194. The zero-order chi connectivity index (χ0) is 36.8. The first-order valence-electron chi connectivity index (χ1n) is 16.9. The van der Waals surface area contributed by atoms with Gasteiger partial charge in [0.1, 0.15) is 17.6 Å². The van der Waals surface area contributed by atoms with Crippen molar-refractivity contribution in [3.8, 4) is 5.69 Å². The van der Waals surface area contributed by atoms with Crippen LogP contribution in [-0.2, 0) is 27.0 Å². The van der Waals surface area contributed by atoms with Crippen molar-refractivity contribution in [2.45, 2.75) is 44.6 Å². The Morgan fingerprint density at radius 2 is 1.85 bits per heavy atom. The average molecular weight is 715 g/mol. The van der Waals surface area contributed by atoms with Gasteiger partial charge in [0, 0.05) is 60.9 Å². The molecule has 2 fully saturated rings. The van der Waals surface area contributed by atoms with Crippen molar-refractivity contribution in [2.24, 2.45) is 5.41 Å². The molecule has 3 aliphatic heterocycles. The number of nitrogens with zero attached hydrogens (tertiary/aromatic N) is 6. The third kappa shape index (κ3) is 6.45. The first kappa shape index (κ1) is 35.0. The minimum Gasteiger partial charge on any atom is -0.380 e. The van der Waals surface area contributed by atoms with E-state index in [4.69, 9.17) is 4.74 Å². The van der Waals surface area contributed by atoms with Gasteiger partial charge in [0.05, 0.1) is 25.1 Å². The maximum Gasteiger partial charge on any atom is 0.433 e. The Morgan fingerprint density at radius 1 is 1.10 bits per heavy atom. The normalized spacial score (nSPS) is 20.0. The number of nitrogens with one attached hydrogen (secondary N) is 2. The third-order valence-corrected chi connectivity index (χ3v) is 9.98. The molecule has 2 saturated heterocycles. The number of carbonyl (C=O) groups is 3. The van der Waals surface area contributed by atoms with E-state index >= 15 is 0 Å². The molecule has 2 N–H and O–H groups in total. The van der Waals surface area contributed by atoms with E-state index in [2.05, 4.69) is 37.2 Å². The van der Waals surface area contributed by atoms with E-state index in [0.717, 1.165) is 38.1 Å². The Bertz CT molecular complexity index is 2020. The summed E-state index contributed by atoms with van der Waals surface area (Å²) in [5, 5.41) is 10.2. The standard InChI is InChI=1S/C37H37F3N8O4/c1-4-47-34-27(17-43-48(34)26-11-6-5-7-12-26)29(30(35(47)51)45-33(50)31-41-14-13-28(44-31)37(38,39)40)25-10-8-9-24(15-25)16-42-32(49)22(2)23(3)46-18-36(19-46)20-52-21-36/h5-15,17,23,29-30H,2,4,16,18-21H2,1,3H3,(H,42,49)(H,45,50)/t23?,29-,30+/m1/s1. The van der Waals surface area contributed by atoms with Crippen LogP contribution in [0.15, 0.2) is 85.2 Å². The summed E-state index contributed by atoms with van der Waals surface area (Å²) in [4.78, 5) is 51.9. The maximum absolute atomic E-state index is 14.3. The molecule has 3 amide bonds. The number of benzene rings is 2. The fourth-order valence-electron chi connectivity index (χ4n) is 7.12. The van der Waals surface area contributed by atoms with Crippen LogP contribution in [0.5, 0.6) is 0 Å². The summed E-state index contributed by atoms with van der Waals surface area (Å²) in [7, 11) is 0. The highest BCUT2D eigenvalue weighted by atomic mass is 19.4. The van der Waals surface area contributed by atoms with Crippen LogP contribution in [0.3, 0.4) is 0 Å². The molecule has 0 aliphatic carbocycles. The molecule has 0 saturated carbocycles. The number of hydrogen-bond acceptors (Lipinski definition) is 8. The molecule has 1 spiro atoms. The summed E-state index contributed by atoms with van der Waals surface area (Å²) in [6.45, 7) is 11.4. The van der Waals surface area contributed by atoms with Gasteiger partial charge in [-0.15, -0.1) is 0 Å². The SMILES string of the molecule is C=C(C(=O)NCc1cccc([C@@H]2c3cnn(-c4ccccc4)c3N(CC)C(=O)[C@H]2NC(=O)c2nccc(C(F)(F)F)n2)c1)C(C)N1CC2(COC2)C1. The maximum atomic E-state index is 14.3. The molecular weight excluding hydrogens is 677 g/mol. The summed E-state index contributed by atoms with van der Waals surface area (Å²) in [6, 6.07) is 15.7. The molecule has 15 heteroatoms. The van der Waals surface area contributed by atoms with E-state index < -0.39 is 41.5 Å². The molecule has 7 rings (SSSR count). The van der Waals surface area contributed by atoms with Crippen molar-refractivity contribution in [2.75, 3.05) is 37.7 Å². The minimum absolute atomic E-state index is 0.142. The van der Waals surface area contributed by atoms with Gasteiger partial charge in [-0.3, -0.25) is 24.2 Å². The van der Waals surface area contributed by atoms with Crippen LogP contribution < -0.4 is 15.5 Å². The number of para-hydroxylation sites is 1. The van der Waals surface area contributed by atoms with Gasteiger partial charge >= 0.3 is 6.18 Å². The Labute approximate surface area is 297 Å². The highest BCUT2D eigenvalue weighted by Gasteiger charge is 2.50. The first-order valence-corrected chi connectivity index (χ1v) is 16.9. The summed E-state index contributed by atoms with van der Waals surface area (Å²) in [5.41, 5.74) is 2.00. The number of fused-ring (bicyclic) bond motifs is 1. The first-order chi connectivity index (χ1) is 24.9. The topological polar surface area (TPSA) is 135 Å². The van der Waals surface area contributed by atoms with Crippen LogP contribution in [0.2, 0.25) is 0 Å². The zero-order valence-corrected chi connectivity index (χ0v) is 28.6. The van der Waals surface area contributed by atoms with Gasteiger partial charge < -0.3 is 15.4 Å². The van der Waals surface area contributed by atoms with Crippen LogP contribution in [0.25, 0.3) is 5.69 Å². The number of ether oxygens (including phenoxy) is 1. The molecule has 52 heavy (non-hydrogen) atoms. The molecule has 2 aromatic carbocycles. The quantitative estimate of drug-likeness (QED) is 0.237. The molecule has 0 bridgehead atoms. The lowest BCUT2D eigenvalue weighted by Gasteiger charge is -2.57. The largest absolute Gasteiger partial charge is 0.433 e. The third-order valence-electron chi connectivity index (χ3n) is 9.98. The van der Waals surface area contributed by atoms with Crippen molar-refractivity contribution >= 4 is 23.5 Å². The van der Waals surface area contributed by atoms with Crippen molar-refractivity contribution in [1.82, 2.24) is 35.3 Å². The molecule has 3 atom stereocenters. The minimum atomic E-state index is -4.80. The Balaban J connectivity index is 1.18. The number of amides is 3. The van der Waals surface area contributed by atoms with Crippen molar-refractivity contribution < 1.29 is 32.3 Å².